The monoisotopic (exact) mass is 494 g/mol. The minimum Gasteiger partial charge on any atom is -0.349 e. The highest BCUT2D eigenvalue weighted by Crippen LogP contribution is 2.34. The van der Waals surface area contributed by atoms with E-state index in [0.29, 0.717) is 32.0 Å². The Bertz CT molecular complexity index is 1300. The van der Waals surface area contributed by atoms with Gasteiger partial charge in [-0.05, 0) is 63.3 Å². The molecule has 0 radical (unpaired) electrons. The van der Waals surface area contributed by atoms with Crippen LogP contribution in [0.2, 0.25) is 0 Å². The molecule has 1 saturated carbocycles. The van der Waals surface area contributed by atoms with Crippen molar-refractivity contribution in [2.24, 2.45) is 5.92 Å². The van der Waals surface area contributed by atoms with Crippen LogP contribution in [0.25, 0.3) is 11.0 Å². The van der Waals surface area contributed by atoms with Gasteiger partial charge in [-0.3, -0.25) is 4.79 Å². The number of benzene rings is 2. The molecule has 3 aromatic rings. The fourth-order valence-corrected chi connectivity index (χ4v) is 7.14. The maximum atomic E-state index is 13.4. The van der Waals surface area contributed by atoms with Crippen molar-refractivity contribution in [1.29, 1.82) is 0 Å². The van der Waals surface area contributed by atoms with Crippen molar-refractivity contribution < 1.29 is 13.2 Å². The number of rotatable bonds is 6. The highest BCUT2D eigenvalue weighted by Gasteiger charge is 2.33. The Morgan fingerprint density at radius 1 is 1.03 bits per heavy atom. The zero-order chi connectivity index (χ0) is 24.6. The lowest BCUT2D eigenvalue weighted by atomic mass is 9.96. The van der Waals surface area contributed by atoms with Crippen molar-refractivity contribution >= 4 is 27.0 Å². The number of piperidine rings is 1. The molecule has 7 nitrogen and oxygen atoms in total. The van der Waals surface area contributed by atoms with Gasteiger partial charge in [0.25, 0.3) is 0 Å². The molecule has 2 heterocycles. The van der Waals surface area contributed by atoms with Crippen molar-refractivity contribution in [2.75, 3.05) is 13.1 Å². The summed E-state index contributed by atoms with van der Waals surface area (Å²) in [7, 11) is -3.64. The van der Waals surface area contributed by atoms with Crippen molar-refractivity contribution in [2.45, 2.75) is 69.4 Å². The standard InChI is InChI=1S/C27H34N4O3S/c1-19(21-8-4-3-5-9-21)28-27(32)22-14-16-30(17-15-22)35(33,34)24-12-13-26-25(18-24)29-20(2)31(26)23-10-6-7-11-23/h3-5,8-9,12-13,18-19,22-23H,6-7,10-11,14-17H2,1-2H3,(H,28,32)/t19-/m0/s1. The highest BCUT2D eigenvalue weighted by atomic mass is 32.2. The number of aryl methyl sites for hydroxylation is 1. The van der Waals surface area contributed by atoms with Crippen molar-refractivity contribution in [3.05, 3.63) is 59.9 Å². The molecule has 0 unspecified atom stereocenters. The summed E-state index contributed by atoms with van der Waals surface area (Å²) in [5, 5.41) is 3.08. The second-order valence-electron chi connectivity index (χ2n) is 9.94. The second-order valence-corrected chi connectivity index (χ2v) is 11.9. The third-order valence-electron chi connectivity index (χ3n) is 7.65. The number of carbonyl (C=O) groups is 1. The maximum absolute atomic E-state index is 13.4. The first-order valence-corrected chi connectivity index (χ1v) is 14.1. The zero-order valence-corrected chi connectivity index (χ0v) is 21.3. The first kappa shape index (κ1) is 24.0. The smallest absolute Gasteiger partial charge is 0.243 e. The summed E-state index contributed by atoms with van der Waals surface area (Å²) in [6.45, 7) is 4.65. The average Bonchev–Trinajstić information content (AvgIpc) is 3.50. The number of nitrogens with one attached hydrogen (secondary N) is 1. The van der Waals surface area contributed by atoms with Gasteiger partial charge in [-0.15, -0.1) is 0 Å². The summed E-state index contributed by atoms with van der Waals surface area (Å²) < 4.78 is 30.6. The fraction of sp³-hybridized carbons (Fsp3) is 0.481. The summed E-state index contributed by atoms with van der Waals surface area (Å²) in [6, 6.07) is 15.6. The van der Waals surface area contributed by atoms with E-state index < -0.39 is 10.0 Å². The molecule has 5 rings (SSSR count). The van der Waals surface area contributed by atoms with Crippen LogP contribution >= 0.6 is 0 Å². The van der Waals surface area contributed by atoms with Crippen LogP contribution in [0.3, 0.4) is 0 Å². The Kier molecular flexibility index (Phi) is 6.68. The molecule has 1 atom stereocenters. The lowest BCUT2D eigenvalue weighted by Crippen LogP contribution is -2.43. The molecule has 0 spiro atoms. The molecule has 1 aliphatic carbocycles. The van der Waals surface area contributed by atoms with Gasteiger partial charge >= 0.3 is 0 Å². The number of amides is 1. The van der Waals surface area contributed by atoms with Gasteiger partial charge in [-0.2, -0.15) is 4.31 Å². The van der Waals surface area contributed by atoms with Gasteiger partial charge in [0.05, 0.1) is 22.0 Å². The van der Waals surface area contributed by atoms with E-state index in [4.69, 9.17) is 4.98 Å². The Morgan fingerprint density at radius 2 is 1.71 bits per heavy atom. The topological polar surface area (TPSA) is 84.3 Å². The quantitative estimate of drug-likeness (QED) is 0.537. The molecule has 1 aromatic heterocycles. The van der Waals surface area contributed by atoms with E-state index in [-0.39, 0.29) is 22.8 Å². The van der Waals surface area contributed by atoms with Crippen LogP contribution in [0.4, 0.5) is 0 Å². The lowest BCUT2D eigenvalue weighted by molar-refractivity contribution is -0.126. The number of imidazole rings is 1. The molecule has 2 fully saturated rings. The number of fused-ring (bicyclic) bond motifs is 1. The van der Waals surface area contributed by atoms with Gasteiger partial charge in [0.15, 0.2) is 0 Å². The van der Waals surface area contributed by atoms with E-state index in [9.17, 15) is 13.2 Å². The first-order valence-electron chi connectivity index (χ1n) is 12.7. The van der Waals surface area contributed by atoms with E-state index in [2.05, 4.69) is 9.88 Å². The summed E-state index contributed by atoms with van der Waals surface area (Å²) >= 11 is 0. The summed E-state index contributed by atoms with van der Waals surface area (Å²) in [4.78, 5) is 17.8. The predicted molar refractivity (Wildman–Crippen MR) is 136 cm³/mol. The minimum absolute atomic E-state index is 0.00671. The molecule has 1 aliphatic heterocycles. The van der Waals surface area contributed by atoms with Crippen LogP contribution in [0.15, 0.2) is 53.4 Å². The molecule has 8 heteroatoms. The minimum atomic E-state index is -3.64. The molecule has 1 saturated heterocycles. The van der Waals surface area contributed by atoms with Gasteiger partial charge < -0.3 is 9.88 Å². The van der Waals surface area contributed by atoms with Gasteiger partial charge in [0.2, 0.25) is 15.9 Å². The van der Waals surface area contributed by atoms with Crippen molar-refractivity contribution in [1.82, 2.24) is 19.2 Å². The van der Waals surface area contributed by atoms with Gasteiger partial charge in [-0.1, -0.05) is 43.2 Å². The average molecular weight is 495 g/mol. The largest absolute Gasteiger partial charge is 0.349 e. The summed E-state index contributed by atoms with van der Waals surface area (Å²) in [5.74, 6) is 0.755. The van der Waals surface area contributed by atoms with E-state index in [1.54, 1.807) is 12.1 Å². The lowest BCUT2D eigenvalue weighted by Gasteiger charge is -2.31. The maximum Gasteiger partial charge on any atom is 0.243 e. The van der Waals surface area contributed by atoms with E-state index in [0.717, 1.165) is 35.3 Å². The molecule has 186 valence electrons. The Balaban J connectivity index is 1.26. The molecule has 1 N–H and O–H groups in total. The SMILES string of the molecule is Cc1nc2cc(S(=O)(=O)N3CCC(C(=O)N[C@@H](C)c4ccccc4)CC3)ccc2n1C1CCCC1. The second kappa shape index (κ2) is 9.74. The molecule has 35 heavy (non-hydrogen) atoms. The molecule has 2 aromatic carbocycles. The van der Waals surface area contributed by atoms with Gasteiger partial charge in [-0.25, -0.2) is 13.4 Å². The third-order valence-corrected chi connectivity index (χ3v) is 9.54. The van der Waals surface area contributed by atoms with E-state index >= 15 is 0 Å². The number of hydrogen-bond acceptors (Lipinski definition) is 4. The Morgan fingerprint density at radius 3 is 2.40 bits per heavy atom. The van der Waals surface area contributed by atoms with Crippen molar-refractivity contribution in [3.8, 4) is 0 Å². The molecule has 0 bridgehead atoms. The van der Waals surface area contributed by atoms with E-state index in [1.165, 1.54) is 17.1 Å². The van der Waals surface area contributed by atoms with Crippen LogP contribution in [-0.4, -0.2) is 41.3 Å². The molecular weight excluding hydrogens is 460 g/mol. The normalized spacial score (nSPS) is 19.3. The summed E-state index contributed by atoms with van der Waals surface area (Å²) in [6.07, 6.45) is 5.80. The Hall–Kier alpha value is -2.71. The number of carbonyl (C=O) groups excluding carboxylic acids is 1. The van der Waals surface area contributed by atoms with Crippen LogP contribution in [-0.2, 0) is 14.8 Å². The van der Waals surface area contributed by atoms with E-state index in [1.807, 2.05) is 50.2 Å². The third kappa shape index (κ3) is 4.74. The zero-order valence-electron chi connectivity index (χ0n) is 20.5. The molecule has 2 aliphatic rings. The summed E-state index contributed by atoms with van der Waals surface area (Å²) in [5.41, 5.74) is 2.80. The highest BCUT2D eigenvalue weighted by molar-refractivity contribution is 7.89. The Labute approximate surface area is 207 Å². The van der Waals surface area contributed by atoms with Crippen LogP contribution in [0.5, 0.6) is 0 Å². The van der Waals surface area contributed by atoms with Gasteiger partial charge in [0.1, 0.15) is 5.82 Å². The number of aromatic nitrogens is 2. The number of sulfonamides is 1. The van der Waals surface area contributed by atoms with Crippen LogP contribution < -0.4 is 5.32 Å². The number of nitrogens with zero attached hydrogens (tertiary/aromatic N) is 3. The first-order chi connectivity index (χ1) is 16.8. The van der Waals surface area contributed by atoms with Crippen molar-refractivity contribution in [3.63, 3.8) is 0 Å². The van der Waals surface area contributed by atoms with Crippen LogP contribution in [0.1, 0.15) is 68.9 Å². The predicted octanol–water partition coefficient (Wildman–Crippen LogP) is 4.74. The molecular formula is C27H34N4O3S. The fourth-order valence-electron chi connectivity index (χ4n) is 5.65. The van der Waals surface area contributed by atoms with Gasteiger partial charge in [0, 0.05) is 25.0 Å². The van der Waals surface area contributed by atoms with Crippen LogP contribution in [0, 0.1) is 12.8 Å². The molecule has 1 amide bonds. The number of hydrogen-bond donors (Lipinski definition) is 1.